The molecule has 0 bridgehead atoms. The molecule has 0 atom stereocenters. The molecule has 0 radical (unpaired) electrons. The molecule has 0 unspecified atom stereocenters. The molecule has 1 aromatic carbocycles. The average Bonchev–Trinajstić information content (AvgIpc) is 2.18. The normalized spacial score (nSPS) is 11.5. The molecule has 0 fully saturated rings. The Balaban J connectivity index is 3.04. The first kappa shape index (κ1) is 9.46. The van der Waals surface area contributed by atoms with E-state index in [9.17, 15) is 4.21 Å². The molecule has 1 aromatic rings. The summed E-state index contributed by atoms with van der Waals surface area (Å²) in [5.74, 6) is 1.49. The highest BCUT2D eigenvalue weighted by Crippen LogP contribution is 2.18. The standard InChI is InChI=1S/C10H15OS/c1-3-12(11,4-2)10-8-6-5-7-9-10/h5-9H,3-4H2,1-2H3/q+1. The Labute approximate surface area is 75.2 Å². The van der Waals surface area contributed by atoms with Crippen molar-refractivity contribution in [3.63, 3.8) is 0 Å². The van der Waals surface area contributed by atoms with Gasteiger partial charge in [-0.15, -0.1) is 0 Å². The highest BCUT2D eigenvalue weighted by molar-refractivity contribution is 8.02. The Morgan fingerprint density at radius 1 is 1.08 bits per heavy atom. The lowest BCUT2D eigenvalue weighted by Crippen LogP contribution is -2.16. The van der Waals surface area contributed by atoms with Gasteiger partial charge in [-0.2, -0.15) is 0 Å². The van der Waals surface area contributed by atoms with Crippen LogP contribution in [0, 0.1) is 0 Å². The van der Waals surface area contributed by atoms with Crippen molar-refractivity contribution in [3.8, 4) is 0 Å². The minimum absolute atomic E-state index is 0.744. The van der Waals surface area contributed by atoms with Gasteiger partial charge in [0.25, 0.3) is 0 Å². The maximum Gasteiger partial charge on any atom is 0.158 e. The summed E-state index contributed by atoms with van der Waals surface area (Å²) in [6.45, 7) is 3.97. The number of benzene rings is 1. The summed E-state index contributed by atoms with van der Waals surface area (Å²) in [4.78, 5) is 0.995. The molecule has 0 heterocycles. The Bertz CT molecular complexity index is 271. The zero-order chi connectivity index (χ0) is 9.03. The topological polar surface area (TPSA) is 17.1 Å². The quantitative estimate of drug-likeness (QED) is 0.658. The molecule has 0 aliphatic carbocycles. The average molecular weight is 183 g/mol. The molecule has 12 heavy (non-hydrogen) atoms. The smallest absolute Gasteiger partial charge is 0.0997 e. The van der Waals surface area contributed by atoms with Gasteiger partial charge in [-0.25, -0.2) is 0 Å². The summed E-state index contributed by atoms with van der Waals surface area (Å²) >= 11 is 0. The van der Waals surface area contributed by atoms with Crippen LogP contribution in [0.15, 0.2) is 35.2 Å². The molecule has 0 aromatic heterocycles. The lowest BCUT2D eigenvalue weighted by Gasteiger charge is -2.06. The fourth-order valence-corrected chi connectivity index (χ4v) is 2.93. The van der Waals surface area contributed by atoms with E-state index in [0.717, 1.165) is 16.4 Å². The van der Waals surface area contributed by atoms with Gasteiger partial charge < -0.3 is 0 Å². The minimum atomic E-state index is -1.74. The van der Waals surface area contributed by atoms with Gasteiger partial charge in [0.15, 0.2) is 4.90 Å². The first-order valence-corrected chi connectivity index (χ1v) is 6.17. The van der Waals surface area contributed by atoms with E-state index < -0.39 is 9.93 Å². The zero-order valence-electron chi connectivity index (χ0n) is 7.62. The van der Waals surface area contributed by atoms with Crippen molar-refractivity contribution in [3.05, 3.63) is 30.3 Å². The maximum absolute atomic E-state index is 12.1. The largest absolute Gasteiger partial charge is 0.158 e. The second-order valence-electron chi connectivity index (χ2n) is 2.70. The predicted molar refractivity (Wildman–Crippen MR) is 53.8 cm³/mol. The van der Waals surface area contributed by atoms with Gasteiger partial charge in [0.2, 0.25) is 0 Å². The van der Waals surface area contributed by atoms with Gasteiger partial charge in [-0.3, -0.25) is 0 Å². The van der Waals surface area contributed by atoms with Crippen molar-refractivity contribution in [2.45, 2.75) is 18.7 Å². The van der Waals surface area contributed by atoms with Crippen molar-refractivity contribution < 1.29 is 4.21 Å². The minimum Gasteiger partial charge on any atom is -0.0997 e. The summed E-state index contributed by atoms with van der Waals surface area (Å²) < 4.78 is 12.1. The summed E-state index contributed by atoms with van der Waals surface area (Å²) in [6.07, 6.45) is 0. The fraction of sp³-hybridized carbons (Fsp3) is 0.400. The third-order valence-corrected chi connectivity index (χ3v) is 5.10. The molecule has 0 N–H and O–H groups in total. The van der Waals surface area contributed by atoms with Crippen molar-refractivity contribution in [2.75, 3.05) is 11.5 Å². The Hall–Kier alpha value is -0.630. The van der Waals surface area contributed by atoms with E-state index in [1.165, 1.54) is 0 Å². The van der Waals surface area contributed by atoms with Crippen molar-refractivity contribution in [1.82, 2.24) is 0 Å². The predicted octanol–water partition coefficient (Wildman–Crippen LogP) is 2.58. The molecular weight excluding hydrogens is 168 g/mol. The molecule has 66 valence electrons. The number of hydrogen-bond donors (Lipinski definition) is 0. The summed E-state index contributed by atoms with van der Waals surface area (Å²) in [7, 11) is -1.74. The summed E-state index contributed by atoms with van der Waals surface area (Å²) in [6, 6.07) is 9.75. The van der Waals surface area contributed by atoms with Crippen LogP contribution < -0.4 is 0 Å². The third-order valence-electron chi connectivity index (χ3n) is 2.11. The fourth-order valence-electron chi connectivity index (χ4n) is 1.21. The molecule has 0 saturated carbocycles. The first-order valence-electron chi connectivity index (χ1n) is 4.27. The van der Waals surface area contributed by atoms with Gasteiger partial charge in [-0.05, 0) is 26.0 Å². The second kappa shape index (κ2) is 3.85. The molecule has 0 amide bonds. The SMILES string of the molecule is CC[S+](=O)(CC)c1ccccc1. The van der Waals surface area contributed by atoms with Crippen molar-refractivity contribution >= 4 is 9.93 Å². The first-order chi connectivity index (χ1) is 5.73. The Morgan fingerprint density at radius 2 is 1.58 bits per heavy atom. The van der Waals surface area contributed by atoms with E-state index in [1.54, 1.807) is 0 Å². The lowest BCUT2D eigenvalue weighted by molar-refractivity contribution is 0.585. The van der Waals surface area contributed by atoms with Gasteiger partial charge in [0, 0.05) is 0 Å². The van der Waals surface area contributed by atoms with Gasteiger partial charge in [0.1, 0.15) is 21.4 Å². The molecule has 0 spiro atoms. The maximum atomic E-state index is 12.1. The molecule has 0 aliphatic heterocycles. The van der Waals surface area contributed by atoms with Crippen LogP contribution in [-0.4, -0.2) is 11.5 Å². The van der Waals surface area contributed by atoms with Gasteiger partial charge in [0.05, 0.1) is 0 Å². The van der Waals surface area contributed by atoms with E-state index in [0.29, 0.717) is 0 Å². The van der Waals surface area contributed by atoms with E-state index >= 15 is 0 Å². The summed E-state index contributed by atoms with van der Waals surface area (Å²) in [5.41, 5.74) is 0. The van der Waals surface area contributed by atoms with Crippen LogP contribution in [0.3, 0.4) is 0 Å². The van der Waals surface area contributed by atoms with Gasteiger partial charge >= 0.3 is 0 Å². The zero-order valence-corrected chi connectivity index (χ0v) is 8.43. The molecule has 0 saturated heterocycles. The molecule has 0 aliphatic rings. The van der Waals surface area contributed by atoms with Gasteiger partial charge in [-0.1, -0.05) is 22.4 Å². The highest BCUT2D eigenvalue weighted by atomic mass is 32.2. The van der Waals surface area contributed by atoms with Crippen LogP contribution in [0.25, 0.3) is 0 Å². The van der Waals surface area contributed by atoms with Crippen LogP contribution >= 0.6 is 0 Å². The Morgan fingerprint density at radius 3 is 2.00 bits per heavy atom. The van der Waals surface area contributed by atoms with E-state index in [1.807, 2.05) is 44.2 Å². The second-order valence-corrected chi connectivity index (χ2v) is 5.95. The van der Waals surface area contributed by atoms with Crippen LogP contribution in [0.4, 0.5) is 0 Å². The highest BCUT2D eigenvalue weighted by Gasteiger charge is 2.25. The van der Waals surface area contributed by atoms with Crippen LogP contribution in [0.1, 0.15) is 13.8 Å². The van der Waals surface area contributed by atoms with Crippen molar-refractivity contribution in [2.24, 2.45) is 0 Å². The van der Waals surface area contributed by atoms with Crippen LogP contribution in [0.2, 0.25) is 0 Å². The molecule has 1 rings (SSSR count). The summed E-state index contributed by atoms with van der Waals surface area (Å²) in [5, 5.41) is 0. The van der Waals surface area contributed by atoms with E-state index in [2.05, 4.69) is 0 Å². The molecular formula is C10H15OS+. The van der Waals surface area contributed by atoms with E-state index in [-0.39, 0.29) is 0 Å². The van der Waals surface area contributed by atoms with Crippen LogP contribution in [0.5, 0.6) is 0 Å². The van der Waals surface area contributed by atoms with E-state index in [4.69, 9.17) is 0 Å². The molecule has 2 heteroatoms. The monoisotopic (exact) mass is 183 g/mol. The molecule has 1 nitrogen and oxygen atoms in total. The van der Waals surface area contributed by atoms with Crippen molar-refractivity contribution in [1.29, 1.82) is 0 Å². The number of rotatable bonds is 3. The number of hydrogen-bond acceptors (Lipinski definition) is 1. The lowest BCUT2D eigenvalue weighted by atomic mass is 10.4. The third kappa shape index (κ3) is 1.75. The van der Waals surface area contributed by atoms with Crippen LogP contribution in [-0.2, 0) is 14.1 Å². The Kier molecular flexibility index (Phi) is 3.04.